The zero-order valence-corrected chi connectivity index (χ0v) is 22.8. The minimum atomic E-state index is -0.726. The van der Waals surface area contributed by atoms with Crippen LogP contribution in [0.15, 0.2) is 63.4 Å². The number of ketones is 1. The van der Waals surface area contributed by atoms with E-state index in [9.17, 15) is 19.1 Å². The van der Waals surface area contributed by atoms with Crippen LogP contribution in [0.5, 0.6) is 11.5 Å². The van der Waals surface area contributed by atoms with Gasteiger partial charge in [0, 0.05) is 35.9 Å². The predicted molar refractivity (Wildman–Crippen MR) is 141 cm³/mol. The highest BCUT2D eigenvalue weighted by Crippen LogP contribution is 2.48. The Morgan fingerprint density at radius 3 is 2.66 bits per heavy atom. The SMILES string of the molecule is COc1cc([C@H]2C(C(=O)OC[C@@H]3CCCO3)=C(C)NC3=C2C(=O)C[C@H](c2ccc(F)cc2)C3)cc(Br)c1O. The molecule has 0 bridgehead atoms. The summed E-state index contributed by atoms with van der Waals surface area (Å²) >= 11 is 3.37. The maximum atomic E-state index is 13.8. The number of Topliss-reactive ketones (excluding diaryl/α,β-unsaturated/α-hetero) is 1. The number of hydrogen-bond donors (Lipinski definition) is 2. The molecule has 3 aliphatic rings. The molecule has 1 fully saturated rings. The second kappa shape index (κ2) is 10.9. The molecular formula is C29H29BrFNO6. The van der Waals surface area contributed by atoms with E-state index >= 15 is 0 Å². The quantitative estimate of drug-likeness (QED) is 0.439. The maximum Gasteiger partial charge on any atom is 0.336 e. The van der Waals surface area contributed by atoms with Gasteiger partial charge in [0.15, 0.2) is 17.3 Å². The van der Waals surface area contributed by atoms with Crippen molar-refractivity contribution in [2.75, 3.05) is 20.3 Å². The van der Waals surface area contributed by atoms with Crippen molar-refractivity contribution < 1.29 is 33.3 Å². The summed E-state index contributed by atoms with van der Waals surface area (Å²) in [6, 6.07) is 9.54. The van der Waals surface area contributed by atoms with Gasteiger partial charge >= 0.3 is 5.97 Å². The normalized spacial score (nSPS) is 23.3. The number of carbonyl (C=O) groups excluding carboxylic acids is 2. The second-order valence-electron chi connectivity index (χ2n) is 9.86. The van der Waals surface area contributed by atoms with Crippen molar-refractivity contribution in [1.29, 1.82) is 0 Å². The van der Waals surface area contributed by atoms with E-state index in [1.165, 1.54) is 19.2 Å². The first-order valence-corrected chi connectivity index (χ1v) is 13.4. The van der Waals surface area contributed by atoms with Crippen molar-refractivity contribution in [3.8, 4) is 11.5 Å². The van der Waals surface area contributed by atoms with Crippen LogP contribution in [-0.4, -0.2) is 43.3 Å². The fourth-order valence-electron chi connectivity index (χ4n) is 5.55. The fourth-order valence-corrected chi connectivity index (χ4v) is 6.01. The van der Waals surface area contributed by atoms with E-state index in [0.717, 1.165) is 24.1 Å². The van der Waals surface area contributed by atoms with Crippen LogP contribution in [0.4, 0.5) is 4.39 Å². The molecular weight excluding hydrogens is 557 g/mol. The molecule has 9 heteroatoms. The lowest BCUT2D eigenvalue weighted by atomic mass is 9.71. The standard InChI is InChI=1S/C29H29BrFNO6/c1-15-25(29(35)38-14-20-4-3-9-37-20)26(18-10-21(30)28(34)24(13-18)36-2)27-22(32-15)11-17(12-23(27)33)16-5-7-19(31)8-6-16/h5-8,10,13,17,20,26,32,34H,3-4,9,11-12,14H2,1-2H3/t17-,20+,26+/m1/s1. The van der Waals surface area contributed by atoms with E-state index < -0.39 is 11.9 Å². The van der Waals surface area contributed by atoms with Crippen LogP contribution >= 0.6 is 15.9 Å². The van der Waals surface area contributed by atoms with Crippen molar-refractivity contribution in [2.45, 2.75) is 50.5 Å². The average Bonchev–Trinajstić information content (AvgIpc) is 3.42. The number of halogens is 2. The Bertz CT molecular complexity index is 1330. The van der Waals surface area contributed by atoms with E-state index in [1.807, 2.05) is 0 Å². The Morgan fingerprint density at radius 2 is 1.97 bits per heavy atom. The smallest absolute Gasteiger partial charge is 0.336 e. The molecule has 7 nitrogen and oxygen atoms in total. The Balaban J connectivity index is 1.55. The molecule has 2 aromatic rings. The zero-order valence-electron chi connectivity index (χ0n) is 21.2. The summed E-state index contributed by atoms with van der Waals surface area (Å²) < 4.78 is 30.6. The van der Waals surface area contributed by atoms with Crippen LogP contribution in [0.3, 0.4) is 0 Å². The fraction of sp³-hybridized carbons (Fsp3) is 0.379. The summed E-state index contributed by atoms with van der Waals surface area (Å²) in [4.78, 5) is 27.3. The predicted octanol–water partition coefficient (Wildman–Crippen LogP) is 5.39. The molecule has 1 aliphatic carbocycles. The largest absolute Gasteiger partial charge is 0.503 e. The molecule has 2 N–H and O–H groups in total. The molecule has 1 saturated heterocycles. The van der Waals surface area contributed by atoms with Gasteiger partial charge in [-0.1, -0.05) is 12.1 Å². The third-order valence-corrected chi connectivity index (χ3v) is 8.02. The first-order chi connectivity index (χ1) is 18.3. The molecule has 3 atom stereocenters. The van der Waals surface area contributed by atoms with Gasteiger partial charge in [-0.25, -0.2) is 9.18 Å². The molecule has 2 aromatic carbocycles. The lowest BCUT2D eigenvalue weighted by molar-refractivity contribution is -0.142. The van der Waals surface area contributed by atoms with E-state index in [4.69, 9.17) is 14.2 Å². The van der Waals surface area contributed by atoms with Crippen LogP contribution in [0, 0.1) is 5.82 Å². The zero-order chi connectivity index (χ0) is 27.0. The van der Waals surface area contributed by atoms with Crippen LogP contribution in [-0.2, 0) is 19.1 Å². The van der Waals surface area contributed by atoms with Gasteiger partial charge in [-0.2, -0.15) is 0 Å². The molecule has 2 heterocycles. The summed E-state index contributed by atoms with van der Waals surface area (Å²) in [5.41, 5.74) is 3.60. The van der Waals surface area contributed by atoms with Gasteiger partial charge < -0.3 is 24.6 Å². The monoisotopic (exact) mass is 585 g/mol. The summed E-state index contributed by atoms with van der Waals surface area (Å²) in [5, 5.41) is 13.7. The first kappa shape index (κ1) is 26.4. The maximum absolute atomic E-state index is 13.8. The van der Waals surface area contributed by atoms with Gasteiger partial charge in [-0.05, 0) is 83.4 Å². The Kier molecular flexibility index (Phi) is 7.59. The number of phenols is 1. The molecule has 0 unspecified atom stereocenters. The molecule has 0 spiro atoms. The number of rotatable bonds is 6. The summed E-state index contributed by atoms with van der Waals surface area (Å²) in [7, 11) is 1.44. The van der Waals surface area contributed by atoms with Crippen LogP contribution < -0.4 is 10.1 Å². The van der Waals surface area contributed by atoms with Crippen molar-refractivity contribution >= 4 is 27.7 Å². The molecule has 2 aliphatic heterocycles. The van der Waals surface area contributed by atoms with Gasteiger partial charge in [0.05, 0.1) is 23.3 Å². The van der Waals surface area contributed by atoms with Crippen LogP contribution in [0.25, 0.3) is 0 Å². The van der Waals surface area contributed by atoms with Gasteiger partial charge in [0.2, 0.25) is 0 Å². The Labute approximate surface area is 228 Å². The molecule has 0 aromatic heterocycles. The van der Waals surface area contributed by atoms with E-state index in [0.29, 0.717) is 39.9 Å². The first-order valence-electron chi connectivity index (χ1n) is 12.6. The molecule has 38 heavy (non-hydrogen) atoms. The number of benzene rings is 2. The minimum absolute atomic E-state index is 0.0751. The van der Waals surface area contributed by atoms with E-state index in [1.54, 1.807) is 31.2 Å². The van der Waals surface area contributed by atoms with Crippen LogP contribution in [0.1, 0.15) is 55.6 Å². The number of dihydropyridines is 1. The summed E-state index contributed by atoms with van der Waals surface area (Å²) in [6.45, 7) is 2.57. The number of esters is 1. The van der Waals surface area contributed by atoms with Crippen molar-refractivity contribution in [1.82, 2.24) is 5.32 Å². The van der Waals surface area contributed by atoms with Crippen molar-refractivity contribution in [3.63, 3.8) is 0 Å². The molecule has 5 rings (SSSR count). The van der Waals surface area contributed by atoms with E-state index in [2.05, 4.69) is 21.2 Å². The number of phenolic OH excluding ortho intramolecular Hbond substituents is 1. The van der Waals surface area contributed by atoms with Gasteiger partial charge in [0.25, 0.3) is 0 Å². The lowest BCUT2D eigenvalue weighted by Crippen LogP contribution is -2.36. The number of allylic oxidation sites excluding steroid dienone is 3. The minimum Gasteiger partial charge on any atom is -0.503 e. The highest BCUT2D eigenvalue weighted by atomic mass is 79.9. The van der Waals surface area contributed by atoms with E-state index in [-0.39, 0.29) is 48.1 Å². The third kappa shape index (κ3) is 5.09. The number of aromatic hydroxyl groups is 1. The number of methoxy groups -OCH3 is 1. The Hall–Kier alpha value is -3.17. The summed E-state index contributed by atoms with van der Waals surface area (Å²) in [5.74, 6) is -1.69. The average molecular weight is 586 g/mol. The highest BCUT2D eigenvalue weighted by Gasteiger charge is 2.42. The van der Waals surface area contributed by atoms with Gasteiger partial charge in [0.1, 0.15) is 12.4 Å². The van der Waals surface area contributed by atoms with Crippen molar-refractivity contribution in [2.24, 2.45) is 0 Å². The highest BCUT2D eigenvalue weighted by molar-refractivity contribution is 9.10. The molecule has 0 radical (unpaired) electrons. The topological polar surface area (TPSA) is 94.1 Å². The third-order valence-electron chi connectivity index (χ3n) is 7.42. The molecule has 0 saturated carbocycles. The number of carbonyl (C=O) groups is 2. The van der Waals surface area contributed by atoms with Gasteiger partial charge in [-0.3, -0.25) is 4.79 Å². The number of ether oxygens (including phenoxy) is 3. The number of hydrogen-bond acceptors (Lipinski definition) is 7. The lowest BCUT2D eigenvalue weighted by Gasteiger charge is -2.37. The van der Waals surface area contributed by atoms with Gasteiger partial charge in [-0.15, -0.1) is 0 Å². The van der Waals surface area contributed by atoms with Crippen molar-refractivity contribution in [3.05, 3.63) is 80.4 Å². The van der Waals surface area contributed by atoms with Crippen LogP contribution in [0.2, 0.25) is 0 Å². The summed E-state index contributed by atoms with van der Waals surface area (Å²) in [6.07, 6.45) is 2.36. The Morgan fingerprint density at radius 1 is 1.21 bits per heavy atom. The second-order valence-corrected chi connectivity index (χ2v) is 10.7. The molecule has 200 valence electrons. The number of nitrogens with one attached hydrogen (secondary N) is 1. The molecule has 0 amide bonds.